The fraction of sp³-hybridized carbons (Fsp3) is 0.550. The number of phosphoric acid groups is 1. The van der Waals surface area contributed by atoms with E-state index in [0.717, 1.165) is 36.1 Å². The minimum Gasteiger partial charge on any atom is -0.744 e. The van der Waals surface area contributed by atoms with Gasteiger partial charge in [-0.2, -0.15) is 0 Å². The van der Waals surface area contributed by atoms with Gasteiger partial charge in [0.25, 0.3) is 0 Å². The molecule has 272 valence electrons. The van der Waals surface area contributed by atoms with Gasteiger partial charge in [-0.15, -0.1) is 0 Å². The molecular weight excluding hydrogens is 678 g/mol. The van der Waals surface area contributed by atoms with Gasteiger partial charge in [-0.25, -0.2) is 13.0 Å². The second-order valence-electron chi connectivity index (χ2n) is 13.0. The van der Waals surface area contributed by atoms with Crippen molar-refractivity contribution in [2.75, 3.05) is 13.2 Å². The number of hydrogen-bond donors (Lipinski definition) is 0. The summed E-state index contributed by atoms with van der Waals surface area (Å²) < 4.78 is 65.0. The van der Waals surface area contributed by atoms with Crippen LogP contribution in [0.15, 0.2) is 77.7 Å². The van der Waals surface area contributed by atoms with Crippen LogP contribution in [-0.2, 0) is 49.4 Å². The SMILES string of the molecule is CCCCCCCCCc1ccc(CCOP(=O)(OCCc2ccc(CCCCCCCCC)cc2)Oc2ccc(S(=O)(=O)[O-])cc2)cc1.[Na+]. The van der Waals surface area contributed by atoms with Crippen molar-refractivity contribution < 1.29 is 60.7 Å². The molecule has 0 N–H and O–H groups in total. The average Bonchev–Trinajstić information content (AvgIpc) is 3.08. The zero-order valence-corrected chi connectivity index (χ0v) is 34.5. The molecule has 0 atom stereocenters. The van der Waals surface area contributed by atoms with E-state index in [1.807, 2.05) is 0 Å². The van der Waals surface area contributed by atoms with Crippen LogP contribution in [0.1, 0.15) is 126 Å². The summed E-state index contributed by atoms with van der Waals surface area (Å²) in [5.74, 6) is 0.0835. The van der Waals surface area contributed by atoms with E-state index in [4.69, 9.17) is 13.6 Å². The fourth-order valence-corrected chi connectivity index (χ4v) is 7.41. The number of phosphoric ester groups is 1. The third-order valence-electron chi connectivity index (χ3n) is 8.79. The quantitative estimate of drug-likeness (QED) is 0.0337. The molecule has 0 aliphatic carbocycles. The smallest absolute Gasteiger partial charge is 0.744 e. The van der Waals surface area contributed by atoms with Crippen LogP contribution in [0.25, 0.3) is 0 Å². The van der Waals surface area contributed by atoms with Gasteiger partial charge < -0.3 is 9.08 Å². The molecule has 0 radical (unpaired) electrons. The van der Waals surface area contributed by atoms with Crippen molar-refractivity contribution in [3.05, 3.63) is 95.1 Å². The third kappa shape index (κ3) is 18.8. The van der Waals surface area contributed by atoms with E-state index >= 15 is 0 Å². The zero-order valence-electron chi connectivity index (χ0n) is 30.8. The Labute approximate surface area is 325 Å². The maximum Gasteiger partial charge on any atom is 1.00 e. The van der Waals surface area contributed by atoms with E-state index in [1.165, 1.54) is 113 Å². The Bertz CT molecular complexity index is 1390. The Morgan fingerprint density at radius 3 is 1.22 bits per heavy atom. The monoisotopic (exact) mass is 736 g/mol. The molecule has 0 saturated carbocycles. The van der Waals surface area contributed by atoms with Gasteiger partial charge in [-0.3, -0.25) is 9.05 Å². The largest absolute Gasteiger partial charge is 1.00 e. The number of aryl methyl sites for hydroxylation is 2. The molecule has 7 nitrogen and oxygen atoms in total. The van der Waals surface area contributed by atoms with Crippen molar-refractivity contribution in [3.63, 3.8) is 0 Å². The fourth-order valence-electron chi connectivity index (χ4n) is 5.75. The molecule has 10 heteroatoms. The van der Waals surface area contributed by atoms with Gasteiger partial charge in [0.05, 0.1) is 18.1 Å². The van der Waals surface area contributed by atoms with Crippen LogP contribution in [-0.4, -0.2) is 26.2 Å². The Morgan fingerprint density at radius 2 is 0.860 bits per heavy atom. The first kappa shape index (κ1) is 44.7. The van der Waals surface area contributed by atoms with Crippen LogP contribution < -0.4 is 34.1 Å². The average molecular weight is 737 g/mol. The molecule has 0 unspecified atom stereocenters. The van der Waals surface area contributed by atoms with Crippen LogP contribution in [0.5, 0.6) is 5.75 Å². The normalized spacial score (nSPS) is 11.7. The van der Waals surface area contributed by atoms with Crippen LogP contribution in [0.2, 0.25) is 0 Å². The number of unbranched alkanes of at least 4 members (excludes halogenated alkanes) is 12. The first-order valence-electron chi connectivity index (χ1n) is 18.5. The van der Waals surface area contributed by atoms with Gasteiger partial charge in [0.1, 0.15) is 15.9 Å². The summed E-state index contributed by atoms with van der Waals surface area (Å²) >= 11 is 0. The summed E-state index contributed by atoms with van der Waals surface area (Å²) in [4.78, 5) is -0.401. The summed E-state index contributed by atoms with van der Waals surface area (Å²) in [5, 5.41) is 0. The topological polar surface area (TPSA) is 102 Å². The molecule has 0 aliphatic heterocycles. The Balaban J connectivity index is 0.00000867. The van der Waals surface area contributed by atoms with Crippen molar-refractivity contribution in [2.24, 2.45) is 0 Å². The predicted octanol–water partition coefficient (Wildman–Crippen LogP) is 8.19. The zero-order chi connectivity index (χ0) is 35.2. The summed E-state index contributed by atoms with van der Waals surface area (Å²) in [6.45, 7) is 4.69. The molecule has 0 amide bonds. The Hall–Kier alpha value is -1.48. The molecule has 0 heterocycles. The summed E-state index contributed by atoms with van der Waals surface area (Å²) in [6, 6.07) is 21.7. The van der Waals surface area contributed by atoms with Crippen molar-refractivity contribution >= 4 is 17.9 Å². The molecule has 3 aromatic rings. The van der Waals surface area contributed by atoms with E-state index in [9.17, 15) is 17.5 Å². The first-order valence-corrected chi connectivity index (χ1v) is 21.4. The summed E-state index contributed by atoms with van der Waals surface area (Å²) in [7, 11) is -8.69. The minimum atomic E-state index is -4.62. The van der Waals surface area contributed by atoms with Crippen molar-refractivity contribution in [1.82, 2.24) is 0 Å². The van der Waals surface area contributed by atoms with Gasteiger partial charge in [0.15, 0.2) is 0 Å². The molecule has 50 heavy (non-hydrogen) atoms. The third-order valence-corrected chi connectivity index (χ3v) is 11.1. The maximum atomic E-state index is 13.8. The number of rotatable bonds is 27. The van der Waals surface area contributed by atoms with Gasteiger partial charge in [-0.05, 0) is 85.0 Å². The van der Waals surface area contributed by atoms with Crippen LogP contribution in [0, 0.1) is 0 Å². The van der Waals surface area contributed by atoms with Gasteiger partial charge in [-0.1, -0.05) is 139 Å². The molecule has 0 bridgehead atoms. The van der Waals surface area contributed by atoms with E-state index < -0.39 is 22.8 Å². The molecule has 0 spiro atoms. The standard InChI is InChI=1S/C40H59O7PS.Na/c1-3-5-7-9-11-13-15-17-35-19-23-37(24-20-35)31-33-45-48(41,47-39-27-29-40(30-28-39)49(42,43)44)46-34-32-38-25-21-36(22-26-38)18-16-14-12-10-8-6-4-2;/h19-30H,3-18,31-34H2,1-2H3,(H,42,43,44);/q;+1/p-1. The summed E-state index contributed by atoms with van der Waals surface area (Å²) in [6.07, 6.45) is 21.2. The molecular formula is C40H58NaO7PS. The second-order valence-corrected chi connectivity index (χ2v) is 16.0. The van der Waals surface area contributed by atoms with Crippen LogP contribution in [0.3, 0.4) is 0 Å². The van der Waals surface area contributed by atoms with Crippen LogP contribution >= 0.6 is 7.82 Å². The summed E-state index contributed by atoms with van der Waals surface area (Å²) in [5.41, 5.74) is 4.72. The van der Waals surface area contributed by atoms with Gasteiger partial charge >= 0.3 is 37.4 Å². The molecule has 3 rings (SSSR count). The van der Waals surface area contributed by atoms with Crippen LogP contribution in [0.4, 0.5) is 0 Å². The second kappa shape index (κ2) is 25.5. The first-order chi connectivity index (χ1) is 23.7. The molecule has 0 aliphatic rings. The Morgan fingerprint density at radius 1 is 0.520 bits per heavy atom. The van der Waals surface area contributed by atoms with Gasteiger partial charge in [0.2, 0.25) is 0 Å². The van der Waals surface area contributed by atoms with E-state index in [2.05, 4.69) is 62.4 Å². The minimum absolute atomic E-state index is 0. The Kier molecular flexibility index (Phi) is 22.8. The molecule has 0 fully saturated rings. The van der Waals surface area contributed by atoms with E-state index in [0.29, 0.717) is 12.8 Å². The maximum absolute atomic E-state index is 13.8. The van der Waals surface area contributed by atoms with Gasteiger partial charge in [0, 0.05) is 0 Å². The molecule has 3 aromatic carbocycles. The van der Waals surface area contributed by atoms with Crippen molar-refractivity contribution in [1.29, 1.82) is 0 Å². The van der Waals surface area contributed by atoms with E-state index in [-0.39, 0.29) is 48.5 Å². The predicted molar refractivity (Wildman–Crippen MR) is 198 cm³/mol. The van der Waals surface area contributed by atoms with E-state index in [1.54, 1.807) is 0 Å². The number of hydrogen-bond acceptors (Lipinski definition) is 7. The van der Waals surface area contributed by atoms with Crippen molar-refractivity contribution in [3.8, 4) is 5.75 Å². The molecule has 0 saturated heterocycles. The number of benzene rings is 3. The molecule has 0 aromatic heterocycles. The van der Waals surface area contributed by atoms with Crippen molar-refractivity contribution in [2.45, 2.75) is 134 Å².